The Morgan fingerprint density at radius 1 is 0.353 bits per heavy atom. The van der Waals surface area contributed by atoms with Crippen molar-refractivity contribution in [3.05, 3.63) is 170 Å². The van der Waals surface area contributed by atoms with Gasteiger partial charge in [0, 0.05) is 58.6 Å². The minimum atomic E-state index is 0.632. The topological polar surface area (TPSA) is 51.6 Å². The lowest BCUT2D eigenvalue weighted by molar-refractivity contribution is 1.08. The monoisotopic (exact) mass is 668 g/mol. The molecule has 0 aliphatic rings. The molecule has 0 aliphatic heterocycles. The number of fused-ring (bicyclic) bond motifs is 7. The Bertz CT molecular complexity index is 2890. The summed E-state index contributed by atoms with van der Waals surface area (Å²) in [5, 5.41) is 5.82. The summed E-state index contributed by atoms with van der Waals surface area (Å²) in [6, 6.07) is 59.0. The van der Waals surface area contributed by atoms with Gasteiger partial charge in [0.2, 0.25) is 0 Å². The second-order valence-electron chi connectivity index (χ2n) is 12.6. The molecular formula is C46H28N4S. The van der Waals surface area contributed by atoms with Crippen LogP contribution in [0.25, 0.3) is 98.4 Å². The quantitative estimate of drug-likeness (QED) is 0.171. The SMILES string of the molecule is c1ccc(-c2ccc(-c3nc(-c4ccccc4)nc(-c4cc5c(-c6ccccc6)nc6ccccc6c5c5c4sc4ccccc45)n3)cc2)cc1. The molecule has 0 radical (unpaired) electrons. The van der Waals surface area contributed by atoms with Gasteiger partial charge >= 0.3 is 0 Å². The molecular weight excluding hydrogens is 641 g/mol. The van der Waals surface area contributed by atoms with E-state index in [1.165, 1.54) is 26.4 Å². The number of hydrogen-bond donors (Lipinski definition) is 0. The number of thiophene rings is 1. The van der Waals surface area contributed by atoms with Gasteiger partial charge in [0.05, 0.1) is 11.2 Å². The van der Waals surface area contributed by atoms with Crippen molar-refractivity contribution in [1.82, 2.24) is 19.9 Å². The molecule has 0 bridgehead atoms. The molecule has 0 atom stereocenters. The van der Waals surface area contributed by atoms with Crippen LogP contribution in [0.3, 0.4) is 0 Å². The van der Waals surface area contributed by atoms with Gasteiger partial charge in [-0.2, -0.15) is 0 Å². The maximum atomic E-state index is 5.29. The zero-order chi connectivity index (χ0) is 33.7. The fourth-order valence-electron chi connectivity index (χ4n) is 7.10. The van der Waals surface area contributed by atoms with Crippen LogP contribution in [0.15, 0.2) is 170 Å². The van der Waals surface area contributed by atoms with E-state index in [2.05, 4.69) is 140 Å². The molecule has 5 heteroatoms. The van der Waals surface area contributed by atoms with E-state index in [0.29, 0.717) is 17.5 Å². The van der Waals surface area contributed by atoms with Gasteiger partial charge in [0.15, 0.2) is 17.5 Å². The van der Waals surface area contributed by atoms with Gasteiger partial charge in [-0.05, 0) is 29.3 Å². The molecule has 0 N–H and O–H groups in total. The molecule has 10 rings (SSSR count). The Morgan fingerprint density at radius 2 is 0.863 bits per heavy atom. The Kier molecular flexibility index (Phi) is 6.96. The number of rotatable bonds is 5. The average Bonchev–Trinajstić information content (AvgIpc) is 3.61. The van der Waals surface area contributed by atoms with E-state index >= 15 is 0 Å². The van der Waals surface area contributed by atoms with E-state index in [9.17, 15) is 0 Å². The summed E-state index contributed by atoms with van der Waals surface area (Å²) in [6.07, 6.45) is 0. The van der Waals surface area contributed by atoms with Crippen molar-refractivity contribution in [2.45, 2.75) is 0 Å². The zero-order valence-corrected chi connectivity index (χ0v) is 28.2. The number of benzene rings is 7. The van der Waals surface area contributed by atoms with E-state index in [0.717, 1.165) is 54.5 Å². The van der Waals surface area contributed by atoms with Crippen LogP contribution < -0.4 is 0 Å². The van der Waals surface area contributed by atoms with Crippen LogP contribution in [0, 0.1) is 0 Å². The summed E-state index contributed by atoms with van der Waals surface area (Å²) in [5.41, 5.74) is 8.14. The highest BCUT2D eigenvalue weighted by Gasteiger charge is 2.22. The van der Waals surface area contributed by atoms with Crippen LogP contribution in [0.1, 0.15) is 0 Å². The smallest absolute Gasteiger partial charge is 0.165 e. The largest absolute Gasteiger partial charge is 0.247 e. The first-order valence-electron chi connectivity index (χ1n) is 17.0. The first-order chi connectivity index (χ1) is 25.3. The minimum absolute atomic E-state index is 0.632. The molecule has 0 aliphatic carbocycles. The minimum Gasteiger partial charge on any atom is -0.247 e. The van der Waals surface area contributed by atoms with Gasteiger partial charge in [-0.1, -0.05) is 152 Å². The van der Waals surface area contributed by atoms with Crippen molar-refractivity contribution >= 4 is 53.2 Å². The fourth-order valence-corrected chi connectivity index (χ4v) is 8.32. The molecule has 0 saturated heterocycles. The Labute approximate surface area is 298 Å². The van der Waals surface area contributed by atoms with Gasteiger partial charge in [-0.25, -0.2) is 19.9 Å². The third-order valence-corrected chi connectivity index (χ3v) is 10.7. The summed E-state index contributed by atoms with van der Waals surface area (Å²) in [4.78, 5) is 20.8. The number of nitrogens with zero attached hydrogens (tertiary/aromatic N) is 4. The van der Waals surface area contributed by atoms with Gasteiger partial charge in [-0.3, -0.25) is 0 Å². The van der Waals surface area contributed by atoms with Crippen LogP contribution in [0.5, 0.6) is 0 Å². The van der Waals surface area contributed by atoms with E-state index in [4.69, 9.17) is 19.9 Å². The summed E-state index contributed by atoms with van der Waals surface area (Å²) in [7, 11) is 0. The van der Waals surface area contributed by atoms with Crippen molar-refractivity contribution in [3.63, 3.8) is 0 Å². The molecule has 0 unspecified atom stereocenters. The van der Waals surface area contributed by atoms with E-state index < -0.39 is 0 Å². The lowest BCUT2D eigenvalue weighted by atomic mass is 9.94. The highest BCUT2D eigenvalue weighted by Crippen LogP contribution is 2.47. The highest BCUT2D eigenvalue weighted by atomic mass is 32.1. The third kappa shape index (κ3) is 5.06. The standard InChI is InChI=1S/C46H28N4S/c1-4-14-29(15-5-1)30-24-26-33(27-25-30)45-48-44(32-18-8-3-9-19-32)49-46(50-45)37-28-36-40(41-35-21-11-13-23-39(35)51-43(37)41)34-20-10-12-22-38(34)47-42(36)31-16-6-2-7-17-31/h1-28H. The summed E-state index contributed by atoms with van der Waals surface area (Å²) < 4.78 is 2.37. The van der Waals surface area contributed by atoms with Crippen molar-refractivity contribution in [2.75, 3.05) is 0 Å². The molecule has 0 spiro atoms. The fraction of sp³-hybridized carbons (Fsp3) is 0. The van der Waals surface area contributed by atoms with Gasteiger partial charge in [-0.15, -0.1) is 11.3 Å². The number of hydrogen-bond acceptors (Lipinski definition) is 5. The van der Waals surface area contributed by atoms with Crippen molar-refractivity contribution in [1.29, 1.82) is 0 Å². The Balaban J connectivity index is 1.29. The zero-order valence-electron chi connectivity index (χ0n) is 27.4. The molecule has 3 aromatic heterocycles. The van der Waals surface area contributed by atoms with Crippen LogP contribution in [-0.2, 0) is 0 Å². The Hall–Kier alpha value is -6.56. The molecule has 0 saturated carbocycles. The predicted molar refractivity (Wildman–Crippen MR) is 213 cm³/mol. The molecule has 4 nitrogen and oxygen atoms in total. The normalized spacial score (nSPS) is 11.5. The lowest BCUT2D eigenvalue weighted by Crippen LogP contribution is -2.01. The van der Waals surface area contributed by atoms with Crippen molar-refractivity contribution in [2.24, 2.45) is 0 Å². The maximum absolute atomic E-state index is 5.29. The van der Waals surface area contributed by atoms with Crippen LogP contribution in [-0.4, -0.2) is 19.9 Å². The van der Waals surface area contributed by atoms with Crippen LogP contribution >= 0.6 is 11.3 Å². The highest BCUT2D eigenvalue weighted by molar-refractivity contribution is 7.26. The lowest BCUT2D eigenvalue weighted by Gasteiger charge is -2.15. The molecule has 51 heavy (non-hydrogen) atoms. The van der Waals surface area contributed by atoms with E-state index in [1.54, 1.807) is 11.3 Å². The molecule has 7 aromatic carbocycles. The average molecular weight is 669 g/mol. The summed E-state index contributed by atoms with van der Waals surface area (Å²) >= 11 is 1.79. The molecule has 10 aromatic rings. The van der Waals surface area contributed by atoms with Gasteiger partial charge in [0.25, 0.3) is 0 Å². The first-order valence-corrected chi connectivity index (χ1v) is 17.8. The number of para-hydroxylation sites is 1. The number of pyridine rings is 1. The summed E-state index contributed by atoms with van der Waals surface area (Å²) in [5.74, 6) is 1.90. The third-order valence-electron chi connectivity index (χ3n) is 9.51. The second-order valence-corrected chi connectivity index (χ2v) is 13.7. The predicted octanol–water partition coefficient (Wildman–Crippen LogP) is 12.3. The molecule has 0 amide bonds. The molecule has 238 valence electrons. The van der Waals surface area contributed by atoms with Crippen molar-refractivity contribution < 1.29 is 0 Å². The molecule has 3 heterocycles. The van der Waals surface area contributed by atoms with E-state index in [-0.39, 0.29) is 0 Å². The first kappa shape index (κ1) is 29.4. The number of aromatic nitrogens is 4. The second kappa shape index (κ2) is 12.1. The van der Waals surface area contributed by atoms with Crippen LogP contribution in [0.4, 0.5) is 0 Å². The van der Waals surface area contributed by atoms with E-state index in [1.807, 2.05) is 30.3 Å². The molecule has 0 fully saturated rings. The Morgan fingerprint density at radius 3 is 1.57 bits per heavy atom. The van der Waals surface area contributed by atoms with Gasteiger partial charge < -0.3 is 0 Å². The summed E-state index contributed by atoms with van der Waals surface area (Å²) in [6.45, 7) is 0. The van der Waals surface area contributed by atoms with Crippen LogP contribution in [0.2, 0.25) is 0 Å². The van der Waals surface area contributed by atoms with Crippen molar-refractivity contribution in [3.8, 4) is 56.5 Å². The maximum Gasteiger partial charge on any atom is 0.165 e. The van der Waals surface area contributed by atoms with Gasteiger partial charge in [0.1, 0.15) is 0 Å².